The number of para-hydroxylation sites is 2. The van der Waals surface area contributed by atoms with Gasteiger partial charge in [0.15, 0.2) is 0 Å². The summed E-state index contributed by atoms with van der Waals surface area (Å²) >= 11 is 0. The molecule has 124 valence electrons. The molecule has 0 bridgehead atoms. The normalized spacial score (nSPS) is 22.8. The number of hydrogen-bond acceptors (Lipinski definition) is 5. The molecule has 1 heterocycles. The molecule has 4 N–H and O–H groups in total. The summed E-state index contributed by atoms with van der Waals surface area (Å²) in [7, 11) is 0. The van der Waals surface area contributed by atoms with Crippen molar-refractivity contribution >= 4 is 17.6 Å². The Kier molecular flexibility index (Phi) is 4.12. The lowest BCUT2D eigenvalue weighted by atomic mass is 9.81. The highest BCUT2D eigenvalue weighted by Crippen LogP contribution is 2.36. The van der Waals surface area contributed by atoms with Crippen LogP contribution in [0.4, 0.5) is 5.69 Å². The molecule has 1 fully saturated rings. The number of phenolic OH excluding ortho intramolecular Hbond substituents is 1. The first-order valence-electron chi connectivity index (χ1n) is 7.61. The number of carbonyl (C=O) groups is 2. The molecule has 1 saturated heterocycles. The largest absolute Gasteiger partial charge is 0.506 e. The molecule has 3 rings (SSSR count). The molecule has 0 saturated carbocycles. The maximum absolute atomic E-state index is 12.4. The van der Waals surface area contributed by atoms with Crippen molar-refractivity contribution in [3.63, 3.8) is 0 Å². The minimum Gasteiger partial charge on any atom is -0.506 e. The number of esters is 1. The number of carbonyl (C=O) groups excluding carboxylic acids is 2. The third-order valence-corrected chi connectivity index (χ3v) is 4.30. The summed E-state index contributed by atoms with van der Waals surface area (Å²) in [6, 6.07) is 15.8. The molecule has 0 aromatic heterocycles. The fourth-order valence-corrected chi connectivity index (χ4v) is 3.00. The topological polar surface area (TPSA) is 102 Å². The molecule has 6 heteroatoms. The van der Waals surface area contributed by atoms with Crippen LogP contribution in [-0.4, -0.2) is 29.1 Å². The lowest BCUT2D eigenvalue weighted by Gasteiger charge is -2.30. The zero-order chi connectivity index (χ0) is 17.2. The molecule has 1 aliphatic rings. The first-order valence-corrected chi connectivity index (χ1v) is 7.61. The average Bonchev–Trinajstić information content (AvgIpc) is 2.88. The number of phenols is 1. The van der Waals surface area contributed by atoms with Crippen LogP contribution < -0.4 is 11.1 Å². The van der Waals surface area contributed by atoms with Crippen LogP contribution in [0.3, 0.4) is 0 Å². The number of rotatable bonds is 5. The Morgan fingerprint density at radius 1 is 1.21 bits per heavy atom. The molecular formula is C18H18N2O4. The van der Waals surface area contributed by atoms with E-state index in [9.17, 15) is 14.7 Å². The lowest BCUT2D eigenvalue weighted by molar-refractivity contribution is -0.145. The summed E-state index contributed by atoms with van der Waals surface area (Å²) < 4.78 is 5.14. The molecule has 6 nitrogen and oxygen atoms in total. The van der Waals surface area contributed by atoms with E-state index in [1.54, 1.807) is 18.2 Å². The first kappa shape index (κ1) is 15.9. The predicted octanol–water partition coefficient (Wildman–Crippen LogP) is 1.44. The number of anilines is 1. The van der Waals surface area contributed by atoms with Crippen molar-refractivity contribution in [3.05, 3.63) is 60.2 Å². The average molecular weight is 326 g/mol. The van der Waals surface area contributed by atoms with Crippen molar-refractivity contribution < 1.29 is 19.4 Å². The van der Waals surface area contributed by atoms with E-state index in [4.69, 9.17) is 10.5 Å². The van der Waals surface area contributed by atoms with Crippen LogP contribution in [0.2, 0.25) is 0 Å². The first-order chi connectivity index (χ1) is 11.5. The second-order valence-corrected chi connectivity index (χ2v) is 5.80. The zero-order valence-corrected chi connectivity index (χ0v) is 12.9. The summed E-state index contributed by atoms with van der Waals surface area (Å²) in [6.07, 6.45) is 0.441. The minimum absolute atomic E-state index is 0.0729. The van der Waals surface area contributed by atoms with Gasteiger partial charge in [-0.05, 0) is 24.1 Å². The molecule has 2 aromatic rings. The summed E-state index contributed by atoms with van der Waals surface area (Å²) in [5.41, 5.74) is 5.09. The second kappa shape index (κ2) is 6.23. The molecule has 1 amide bonds. The van der Waals surface area contributed by atoms with Crippen LogP contribution in [0.15, 0.2) is 54.6 Å². The zero-order valence-electron chi connectivity index (χ0n) is 12.9. The van der Waals surface area contributed by atoms with Crippen molar-refractivity contribution in [2.75, 3.05) is 11.9 Å². The van der Waals surface area contributed by atoms with Gasteiger partial charge in [-0.3, -0.25) is 4.79 Å². The van der Waals surface area contributed by atoms with Gasteiger partial charge in [-0.2, -0.15) is 0 Å². The van der Waals surface area contributed by atoms with Crippen molar-refractivity contribution in [2.45, 2.75) is 12.0 Å². The summed E-state index contributed by atoms with van der Waals surface area (Å²) in [5.74, 6) is -2.10. The standard InChI is InChI=1S/C18H18N2O4/c19-16(22)18(20-14-8-4-5-9-15(14)21)13(11-24-17(18)23)10-12-6-2-1-3-7-12/h1-9,13,20-21H,10-11H2,(H2,19,22)/t13-,18+/m1/s1. The van der Waals surface area contributed by atoms with Gasteiger partial charge in [0.05, 0.1) is 12.3 Å². The quantitative estimate of drug-likeness (QED) is 0.438. The van der Waals surface area contributed by atoms with Gasteiger partial charge >= 0.3 is 5.97 Å². The third-order valence-electron chi connectivity index (χ3n) is 4.30. The van der Waals surface area contributed by atoms with Gasteiger partial charge in [-0.15, -0.1) is 0 Å². The Morgan fingerprint density at radius 3 is 2.54 bits per heavy atom. The van der Waals surface area contributed by atoms with Crippen molar-refractivity contribution in [1.29, 1.82) is 0 Å². The van der Waals surface area contributed by atoms with Crippen LogP contribution in [0.1, 0.15) is 5.56 Å². The lowest BCUT2D eigenvalue weighted by Crippen LogP contribution is -2.59. The van der Waals surface area contributed by atoms with Gasteiger partial charge in [-0.1, -0.05) is 42.5 Å². The number of nitrogens with one attached hydrogen (secondary N) is 1. The maximum atomic E-state index is 12.4. The number of nitrogens with two attached hydrogens (primary N) is 1. The molecule has 1 aliphatic heterocycles. The molecule has 2 atom stereocenters. The van der Waals surface area contributed by atoms with Crippen LogP contribution in [0.5, 0.6) is 5.75 Å². The predicted molar refractivity (Wildman–Crippen MR) is 88.2 cm³/mol. The van der Waals surface area contributed by atoms with Gasteiger partial charge in [0, 0.05) is 5.92 Å². The Hall–Kier alpha value is -3.02. The molecule has 0 radical (unpaired) electrons. The van der Waals surface area contributed by atoms with Crippen molar-refractivity contribution in [3.8, 4) is 5.75 Å². The SMILES string of the molecule is NC(=O)[C@]1(Nc2ccccc2O)C(=O)OC[C@H]1Cc1ccccc1. The second-order valence-electron chi connectivity index (χ2n) is 5.80. The van der Waals surface area contributed by atoms with Gasteiger partial charge in [-0.25, -0.2) is 4.79 Å². The Morgan fingerprint density at radius 2 is 1.88 bits per heavy atom. The van der Waals surface area contributed by atoms with Crippen LogP contribution >= 0.6 is 0 Å². The number of aromatic hydroxyl groups is 1. The third kappa shape index (κ3) is 2.67. The van der Waals surface area contributed by atoms with E-state index in [0.717, 1.165) is 5.56 Å². The summed E-state index contributed by atoms with van der Waals surface area (Å²) in [6.45, 7) is 0.0806. The van der Waals surface area contributed by atoms with E-state index in [1.807, 2.05) is 30.3 Å². The molecule has 24 heavy (non-hydrogen) atoms. The van der Waals surface area contributed by atoms with E-state index >= 15 is 0 Å². The van der Waals surface area contributed by atoms with Crippen LogP contribution in [-0.2, 0) is 20.7 Å². The molecule has 0 aliphatic carbocycles. The fraction of sp³-hybridized carbons (Fsp3) is 0.222. The molecular weight excluding hydrogens is 308 g/mol. The number of cyclic esters (lactones) is 1. The number of amides is 1. The van der Waals surface area contributed by atoms with Gasteiger partial charge in [0.2, 0.25) is 5.54 Å². The fourth-order valence-electron chi connectivity index (χ4n) is 3.00. The van der Waals surface area contributed by atoms with Crippen LogP contribution in [0, 0.1) is 5.92 Å². The van der Waals surface area contributed by atoms with Crippen LogP contribution in [0.25, 0.3) is 0 Å². The van der Waals surface area contributed by atoms with Crippen molar-refractivity contribution in [1.82, 2.24) is 0 Å². The summed E-state index contributed by atoms with van der Waals surface area (Å²) in [4.78, 5) is 24.6. The van der Waals surface area contributed by atoms with Crippen molar-refractivity contribution in [2.24, 2.45) is 11.7 Å². The number of benzene rings is 2. The minimum atomic E-state index is -1.71. The smallest absolute Gasteiger partial charge is 0.342 e. The Balaban J connectivity index is 1.97. The molecule has 0 unspecified atom stereocenters. The Bertz CT molecular complexity index is 763. The molecule has 2 aromatic carbocycles. The highest BCUT2D eigenvalue weighted by Gasteiger charge is 2.57. The highest BCUT2D eigenvalue weighted by molar-refractivity contribution is 6.11. The maximum Gasteiger partial charge on any atom is 0.342 e. The number of ether oxygens (including phenoxy) is 1. The summed E-state index contributed by atoms with van der Waals surface area (Å²) in [5, 5.41) is 12.8. The van der Waals surface area contributed by atoms with E-state index in [2.05, 4.69) is 5.32 Å². The van der Waals surface area contributed by atoms with Gasteiger partial charge < -0.3 is 20.9 Å². The van der Waals surface area contributed by atoms with Gasteiger partial charge in [0.1, 0.15) is 5.75 Å². The van der Waals surface area contributed by atoms with E-state index in [1.165, 1.54) is 6.07 Å². The highest BCUT2D eigenvalue weighted by atomic mass is 16.5. The molecule has 0 spiro atoms. The van der Waals surface area contributed by atoms with E-state index < -0.39 is 23.3 Å². The monoisotopic (exact) mass is 326 g/mol. The van der Waals surface area contributed by atoms with E-state index in [0.29, 0.717) is 6.42 Å². The van der Waals surface area contributed by atoms with E-state index in [-0.39, 0.29) is 18.0 Å². The van der Waals surface area contributed by atoms with Gasteiger partial charge in [0.25, 0.3) is 5.91 Å². The Labute approximate surface area is 139 Å². The number of primary amides is 1. The number of hydrogen-bond donors (Lipinski definition) is 3.